The van der Waals surface area contributed by atoms with E-state index in [4.69, 9.17) is 4.99 Å². The van der Waals surface area contributed by atoms with Gasteiger partial charge in [0.15, 0.2) is 0 Å². The van der Waals surface area contributed by atoms with E-state index >= 15 is 0 Å². The smallest absolute Gasteiger partial charge is 0.329 e. The quantitative estimate of drug-likeness (QED) is 0.610. The lowest BCUT2D eigenvalue weighted by molar-refractivity contribution is 0.623. The van der Waals surface area contributed by atoms with E-state index in [1.807, 2.05) is 27.7 Å². The van der Waals surface area contributed by atoms with Gasteiger partial charge in [-0.15, -0.1) is 0 Å². The Labute approximate surface area is 144 Å². The molecule has 2 rings (SSSR count). The maximum atomic E-state index is 13.8. The van der Waals surface area contributed by atoms with Crippen molar-refractivity contribution in [3.63, 3.8) is 0 Å². The molecule has 2 nitrogen and oxygen atoms in total. The fourth-order valence-electron chi connectivity index (χ4n) is 4.04. The molecule has 0 aliphatic carbocycles. The van der Waals surface area contributed by atoms with Gasteiger partial charge in [0.1, 0.15) is 0 Å². The first-order valence-corrected chi connectivity index (χ1v) is 8.77. The summed E-state index contributed by atoms with van der Waals surface area (Å²) in [6, 6.07) is 0. The zero-order valence-electron chi connectivity index (χ0n) is 15.8. The summed E-state index contributed by atoms with van der Waals surface area (Å²) in [6.07, 6.45) is 2.35. The van der Waals surface area contributed by atoms with Crippen LogP contribution >= 0.6 is 0 Å². The highest BCUT2D eigenvalue weighted by atomic mass is 19.2. The van der Waals surface area contributed by atoms with Crippen LogP contribution in [-0.2, 0) is 6.42 Å². The van der Waals surface area contributed by atoms with Gasteiger partial charge >= 0.3 is 7.40 Å². The lowest BCUT2D eigenvalue weighted by Crippen LogP contribution is -2.18. The molecule has 0 saturated carbocycles. The maximum Gasteiger partial charge on any atom is 0.677 e. The second-order valence-corrected chi connectivity index (χ2v) is 6.37. The third-order valence-electron chi connectivity index (χ3n) is 5.20. The van der Waals surface area contributed by atoms with Gasteiger partial charge in [-0.25, -0.2) is 0 Å². The number of nitrogens with zero attached hydrogens (tertiary/aromatic N) is 2. The minimum absolute atomic E-state index is 0.658. The molecular weight excluding hydrogens is 305 g/mol. The monoisotopic (exact) mass is 332 g/mol. The highest BCUT2D eigenvalue weighted by Crippen LogP contribution is 2.38. The van der Waals surface area contributed by atoms with Crippen LogP contribution in [0.2, 0.25) is 0 Å². The summed E-state index contributed by atoms with van der Waals surface area (Å²) in [5.74, 6) is 0. The lowest BCUT2D eigenvalue weighted by atomic mass is 9.96. The van der Waals surface area contributed by atoms with Gasteiger partial charge in [-0.2, -0.15) is 0 Å². The molecule has 24 heavy (non-hydrogen) atoms. The van der Waals surface area contributed by atoms with E-state index in [1.165, 1.54) is 10.1 Å². The molecule has 1 aliphatic rings. The Hall–Kier alpha value is -1.65. The number of rotatable bonds is 5. The van der Waals surface area contributed by atoms with Gasteiger partial charge in [0.25, 0.3) is 0 Å². The standard InChI is InChI=1S/C19H27BF2N2/c1-8-15-11(4)18(23-13(15)6)17(10-3)19-12(5)16(9-2)14(7)24(19)20(21)22/h8-10H2,1-7H3/b18-17-. The molecule has 0 N–H and O–H groups in total. The van der Waals surface area contributed by atoms with Crippen molar-refractivity contribution in [2.24, 2.45) is 4.99 Å². The summed E-state index contributed by atoms with van der Waals surface area (Å²) < 4.78 is 28.8. The molecule has 5 heteroatoms. The predicted molar refractivity (Wildman–Crippen MR) is 100.0 cm³/mol. The van der Waals surface area contributed by atoms with Crippen molar-refractivity contribution in [2.45, 2.75) is 67.7 Å². The fourth-order valence-corrected chi connectivity index (χ4v) is 4.04. The Morgan fingerprint density at radius 2 is 1.67 bits per heavy atom. The van der Waals surface area contributed by atoms with E-state index in [9.17, 15) is 8.63 Å². The molecule has 0 fully saturated rings. The van der Waals surface area contributed by atoms with Crippen LogP contribution < -0.4 is 0 Å². The molecular formula is C19H27BF2N2. The number of aromatic nitrogens is 1. The maximum absolute atomic E-state index is 13.8. The Bertz CT molecular complexity index is 752. The van der Waals surface area contributed by atoms with Crippen LogP contribution in [0, 0.1) is 13.8 Å². The summed E-state index contributed by atoms with van der Waals surface area (Å²) in [4.78, 5) is 4.74. The van der Waals surface area contributed by atoms with Crippen molar-refractivity contribution in [3.8, 4) is 0 Å². The Morgan fingerprint density at radius 3 is 2.08 bits per heavy atom. The summed E-state index contributed by atoms with van der Waals surface area (Å²) in [7, 11) is -2.54. The minimum atomic E-state index is -2.54. The van der Waals surface area contributed by atoms with Gasteiger partial charge in [0.2, 0.25) is 0 Å². The topological polar surface area (TPSA) is 17.3 Å². The highest BCUT2D eigenvalue weighted by molar-refractivity contribution is 6.41. The van der Waals surface area contributed by atoms with E-state index in [0.29, 0.717) is 17.8 Å². The zero-order valence-corrected chi connectivity index (χ0v) is 15.8. The second-order valence-electron chi connectivity index (χ2n) is 6.37. The fraction of sp³-hybridized carbons (Fsp3) is 0.526. The number of aliphatic imine (C=N–C) groups is 1. The second kappa shape index (κ2) is 7.08. The van der Waals surface area contributed by atoms with Crippen LogP contribution in [0.5, 0.6) is 0 Å². The van der Waals surface area contributed by atoms with Crippen molar-refractivity contribution in [3.05, 3.63) is 39.4 Å². The number of hydrogen-bond acceptors (Lipinski definition) is 1. The van der Waals surface area contributed by atoms with E-state index in [0.717, 1.165) is 46.5 Å². The molecule has 0 radical (unpaired) electrons. The number of hydrogen-bond donors (Lipinski definition) is 0. The summed E-state index contributed by atoms with van der Waals surface area (Å²) in [5, 5.41) is 0. The van der Waals surface area contributed by atoms with Crippen LogP contribution in [0.3, 0.4) is 0 Å². The molecule has 0 amide bonds. The average molecular weight is 332 g/mol. The zero-order chi connectivity index (χ0) is 18.2. The first kappa shape index (κ1) is 18.7. The van der Waals surface area contributed by atoms with Crippen LogP contribution in [0.1, 0.15) is 70.0 Å². The third kappa shape index (κ3) is 2.78. The van der Waals surface area contributed by atoms with Crippen molar-refractivity contribution in [2.75, 3.05) is 0 Å². The first-order chi connectivity index (χ1) is 11.3. The molecule has 0 saturated heterocycles. The van der Waals surface area contributed by atoms with E-state index in [1.54, 1.807) is 6.92 Å². The number of halogens is 2. The lowest BCUT2D eigenvalue weighted by Gasteiger charge is -2.14. The van der Waals surface area contributed by atoms with Gasteiger partial charge in [-0.3, -0.25) is 13.6 Å². The molecule has 0 unspecified atom stereocenters. The molecule has 1 aliphatic heterocycles. The van der Waals surface area contributed by atoms with E-state index < -0.39 is 7.40 Å². The Kier molecular flexibility index (Phi) is 5.51. The van der Waals surface area contributed by atoms with Crippen LogP contribution in [0.15, 0.2) is 21.8 Å². The van der Waals surface area contributed by atoms with Gasteiger partial charge in [-0.05, 0) is 69.2 Å². The largest absolute Gasteiger partial charge is 0.677 e. The Morgan fingerprint density at radius 1 is 1.04 bits per heavy atom. The number of allylic oxidation sites excluding steroid dienone is 3. The van der Waals surface area contributed by atoms with Crippen molar-refractivity contribution >= 4 is 18.7 Å². The van der Waals surface area contributed by atoms with Crippen LogP contribution in [0.4, 0.5) is 8.63 Å². The van der Waals surface area contributed by atoms with Gasteiger partial charge in [0.05, 0.1) is 5.70 Å². The molecule has 0 spiro atoms. The van der Waals surface area contributed by atoms with Gasteiger partial charge in [-0.1, -0.05) is 20.8 Å². The first-order valence-electron chi connectivity index (χ1n) is 8.77. The average Bonchev–Trinajstić information content (AvgIpc) is 2.94. The SMILES string of the molecule is CCC1=C(C)/C(=C(\CC)c2c(C)c(CC)c(C)n2B(F)F)N=C1C. The van der Waals surface area contributed by atoms with E-state index in [2.05, 4.69) is 13.8 Å². The van der Waals surface area contributed by atoms with Crippen molar-refractivity contribution in [1.29, 1.82) is 0 Å². The predicted octanol–water partition coefficient (Wildman–Crippen LogP) is 5.76. The summed E-state index contributed by atoms with van der Waals surface area (Å²) in [5.41, 5.74) is 8.50. The van der Waals surface area contributed by atoms with Crippen molar-refractivity contribution in [1.82, 2.24) is 4.48 Å². The van der Waals surface area contributed by atoms with Crippen LogP contribution in [0.25, 0.3) is 5.57 Å². The molecule has 0 bridgehead atoms. The minimum Gasteiger partial charge on any atom is -0.329 e. The van der Waals surface area contributed by atoms with Gasteiger partial charge < -0.3 is 4.48 Å². The normalized spacial score (nSPS) is 16.8. The molecule has 1 aromatic rings. The summed E-state index contributed by atoms with van der Waals surface area (Å²) in [6.45, 7) is 14.0. The molecule has 2 heterocycles. The van der Waals surface area contributed by atoms with Crippen molar-refractivity contribution < 1.29 is 8.63 Å². The van der Waals surface area contributed by atoms with Gasteiger partial charge in [0, 0.05) is 22.7 Å². The molecule has 130 valence electrons. The molecule has 0 aromatic carbocycles. The van der Waals surface area contributed by atoms with E-state index in [-0.39, 0.29) is 0 Å². The highest BCUT2D eigenvalue weighted by Gasteiger charge is 2.30. The molecule has 0 atom stereocenters. The summed E-state index contributed by atoms with van der Waals surface area (Å²) >= 11 is 0. The third-order valence-corrected chi connectivity index (χ3v) is 5.20. The Balaban J connectivity index is 2.84. The van der Waals surface area contributed by atoms with Crippen LogP contribution in [-0.4, -0.2) is 17.6 Å². The molecule has 1 aromatic heterocycles.